The van der Waals surface area contributed by atoms with Crippen LogP contribution in [0.4, 0.5) is 15.9 Å². The minimum Gasteiger partial charge on any atom is -0.477 e. The fourth-order valence-corrected chi connectivity index (χ4v) is 3.28. The standard InChI is InChI=1S/C20H19ClFN3O4/c1-10(2)16(9-26)25-8-12(20(28)29)19(27)11-6-17(23-7-15(11)25)24-14-5-3-4-13(21)18(14)22/h3-8,10,16,26H,9H2,1-2H3,(H,23,24)(H,28,29). The highest BCUT2D eigenvalue weighted by molar-refractivity contribution is 6.31. The van der Waals surface area contributed by atoms with Gasteiger partial charge in [-0.2, -0.15) is 0 Å². The van der Waals surface area contributed by atoms with Gasteiger partial charge in [0.1, 0.15) is 11.4 Å². The van der Waals surface area contributed by atoms with Crippen molar-refractivity contribution in [1.82, 2.24) is 9.55 Å². The molecule has 3 rings (SSSR count). The number of carboxylic acid groups (broad SMARTS) is 1. The molecule has 0 saturated heterocycles. The highest BCUT2D eigenvalue weighted by Crippen LogP contribution is 2.27. The first-order valence-corrected chi connectivity index (χ1v) is 9.22. The van der Waals surface area contributed by atoms with Crippen molar-refractivity contribution in [2.24, 2.45) is 5.92 Å². The molecule has 0 bridgehead atoms. The number of aliphatic hydroxyl groups is 1. The number of pyridine rings is 2. The number of hydrogen-bond donors (Lipinski definition) is 3. The quantitative estimate of drug-likeness (QED) is 0.561. The number of halogens is 2. The Morgan fingerprint density at radius 1 is 1.38 bits per heavy atom. The average molecular weight is 420 g/mol. The number of anilines is 2. The first kappa shape index (κ1) is 20.8. The molecule has 0 saturated carbocycles. The maximum absolute atomic E-state index is 14.2. The number of rotatable bonds is 6. The monoisotopic (exact) mass is 419 g/mol. The van der Waals surface area contributed by atoms with E-state index < -0.39 is 28.8 Å². The molecule has 1 unspecified atom stereocenters. The summed E-state index contributed by atoms with van der Waals surface area (Å²) in [6.07, 6.45) is 2.61. The fourth-order valence-electron chi connectivity index (χ4n) is 3.10. The topological polar surface area (TPSA) is 104 Å². The van der Waals surface area contributed by atoms with E-state index in [1.165, 1.54) is 30.6 Å². The van der Waals surface area contributed by atoms with E-state index in [2.05, 4.69) is 10.3 Å². The van der Waals surface area contributed by atoms with Gasteiger partial charge >= 0.3 is 5.97 Å². The molecular weight excluding hydrogens is 401 g/mol. The SMILES string of the molecule is CC(C)C(CO)n1cc(C(=O)O)c(=O)c2cc(Nc3cccc(Cl)c3F)ncc21. The van der Waals surface area contributed by atoms with E-state index in [-0.39, 0.29) is 34.4 Å². The van der Waals surface area contributed by atoms with Crippen molar-refractivity contribution in [2.45, 2.75) is 19.9 Å². The van der Waals surface area contributed by atoms with Gasteiger partial charge in [-0.1, -0.05) is 31.5 Å². The van der Waals surface area contributed by atoms with Gasteiger partial charge in [0.05, 0.1) is 40.5 Å². The van der Waals surface area contributed by atoms with Gasteiger partial charge in [-0.25, -0.2) is 14.2 Å². The van der Waals surface area contributed by atoms with Gasteiger partial charge in [0, 0.05) is 6.20 Å². The van der Waals surface area contributed by atoms with E-state index in [1.807, 2.05) is 13.8 Å². The number of aromatic nitrogens is 2. The zero-order chi connectivity index (χ0) is 21.3. The Morgan fingerprint density at radius 2 is 2.10 bits per heavy atom. The summed E-state index contributed by atoms with van der Waals surface area (Å²) in [6.45, 7) is 3.50. The molecular formula is C20H19ClFN3O4. The second kappa shape index (κ2) is 8.18. The Bertz CT molecular complexity index is 1150. The maximum atomic E-state index is 14.2. The summed E-state index contributed by atoms with van der Waals surface area (Å²) in [5, 5.41) is 22.0. The second-order valence-corrected chi connectivity index (χ2v) is 7.30. The normalized spacial score (nSPS) is 12.3. The summed E-state index contributed by atoms with van der Waals surface area (Å²) in [5.74, 6) is -1.94. The zero-order valence-electron chi connectivity index (χ0n) is 15.7. The van der Waals surface area contributed by atoms with Crippen molar-refractivity contribution in [1.29, 1.82) is 0 Å². The highest BCUT2D eigenvalue weighted by Gasteiger charge is 2.21. The van der Waals surface area contributed by atoms with Crippen LogP contribution in [0.5, 0.6) is 0 Å². The van der Waals surface area contributed by atoms with Crippen molar-refractivity contribution < 1.29 is 19.4 Å². The van der Waals surface area contributed by atoms with Gasteiger partial charge in [0.2, 0.25) is 5.43 Å². The molecule has 0 radical (unpaired) electrons. The molecule has 7 nitrogen and oxygen atoms in total. The second-order valence-electron chi connectivity index (χ2n) is 6.89. The van der Waals surface area contributed by atoms with E-state index in [1.54, 1.807) is 10.6 Å². The summed E-state index contributed by atoms with van der Waals surface area (Å²) in [7, 11) is 0. The first-order chi connectivity index (χ1) is 13.7. The maximum Gasteiger partial charge on any atom is 0.341 e. The van der Waals surface area contributed by atoms with Crippen LogP contribution in [0.1, 0.15) is 30.2 Å². The molecule has 0 fully saturated rings. The van der Waals surface area contributed by atoms with Crippen LogP contribution >= 0.6 is 11.6 Å². The molecule has 1 atom stereocenters. The number of fused-ring (bicyclic) bond motifs is 1. The molecule has 1 aromatic carbocycles. The zero-order valence-corrected chi connectivity index (χ0v) is 16.4. The lowest BCUT2D eigenvalue weighted by Gasteiger charge is -2.24. The Morgan fingerprint density at radius 3 is 2.72 bits per heavy atom. The third kappa shape index (κ3) is 3.94. The number of aliphatic hydroxyl groups excluding tert-OH is 1. The Labute approximate surface area is 170 Å². The lowest BCUT2D eigenvalue weighted by atomic mass is 10.0. The first-order valence-electron chi connectivity index (χ1n) is 8.84. The van der Waals surface area contributed by atoms with Crippen LogP contribution in [0, 0.1) is 11.7 Å². The summed E-state index contributed by atoms with van der Waals surface area (Å²) < 4.78 is 15.7. The Hall–Kier alpha value is -2.97. The van der Waals surface area contributed by atoms with Gasteiger partial charge in [0.25, 0.3) is 0 Å². The molecule has 0 amide bonds. The molecule has 29 heavy (non-hydrogen) atoms. The van der Waals surface area contributed by atoms with Crippen molar-refractivity contribution in [2.75, 3.05) is 11.9 Å². The number of nitrogens with zero attached hydrogens (tertiary/aromatic N) is 2. The van der Waals surface area contributed by atoms with Gasteiger partial charge in [-0.3, -0.25) is 4.79 Å². The third-order valence-electron chi connectivity index (χ3n) is 4.68. The molecule has 3 aromatic rings. The van der Waals surface area contributed by atoms with Gasteiger partial charge in [-0.15, -0.1) is 0 Å². The van der Waals surface area contributed by atoms with E-state index in [0.717, 1.165) is 0 Å². The predicted molar refractivity (Wildman–Crippen MR) is 109 cm³/mol. The van der Waals surface area contributed by atoms with Crippen LogP contribution in [0.3, 0.4) is 0 Å². The van der Waals surface area contributed by atoms with Gasteiger partial charge in [-0.05, 0) is 24.1 Å². The van der Waals surface area contributed by atoms with E-state index in [4.69, 9.17) is 11.6 Å². The van der Waals surface area contributed by atoms with Crippen molar-refractivity contribution in [3.05, 3.63) is 63.3 Å². The van der Waals surface area contributed by atoms with Crippen LogP contribution in [0.2, 0.25) is 5.02 Å². The molecule has 0 aliphatic rings. The van der Waals surface area contributed by atoms with Gasteiger partial charge in [0.15, 0.2) is 5.82 Å². The molecule has 3 N–H and O–H groups in total. The van der Waals surface area contributed by atoms with E-state index >= 15 is 0 Å². The van der Waals surface area contributed by atoms with Crippen LogP contribution in [-0.2, 0) is 0 Å². The number of benzene rings is 1. The molecule has 152 valence electrons. The molecule has 0 spiro atoms. The van der Waals surface area contributed by atoms with Crippen LogP contribution < -0.4 is 10.7 Å². The van der Waals surface area contributed by atoms with E-state index in [9.17, 15) is 24.2 Å². The van der Waals surface area contributed by atoms with Crippen LogP contribution in [0.25, 0.3) is 10.9 Å². The number of nitrogens with one attached hydrogen (secondary N) is 1. The van der Waals surface area contributed by atoms with Gasteiger partial charge < -0.3 is 20.1 Å². The molecule has 2 heterocycles. The molecule has 2 aromatic heterocycles. The van der Waals surface area contributed by atoms with Crippen molar-refractivity contribution in [3.63, 3.8) is 0 Å². The number of hydrogen-bond acceptors (Lipinski definition) is 5. The third-order valence-corrected chi connectivity index (χ3v) is 4.97. The van der Waals surface area contributed by atoms with Crippen molar-refractivity contribution in [3.8, 4) is 0 Å². The lowest BCUT2D eigenvalue weighted by Crippen LogP contribution is -2.25. The Kier molecular flexibility index (Phi) is 5.86. The molecule has 9 heteroatoms. The molecule has 0 aliphatic carbocycles. The Balaban J connectivity index is 2.21. The summed E-state index contributed by atoms with van der Waals surface area (Å²) in [5.41, 5.74) is -0.691. The minimum atomic E-state index is -1.38. The summed E-state index contributed by atoms with van der Waals surface area (Å²) in [4.78, 5) is 28.5. The van der Waals surface area contributed by atoms with Crippen LogP contribution in [0.15, 0.2) is 41.5 Å². The minimum absolute atomic E-state index is 0.0364. The fraction of sp³-hybridized carbons (Fsp3) is 0.250. The molecule has 0 aliphatic heterocycles. The smallest absolute Gasteiger partial charge is 0.341 e. The number of carbonyl (C=O) groups is 1. The average Bonchev–Trinajstić information content (AvgIpc) is 2.67. The largest absolute Gasteiger partial charge is 0.477 e. The van der Waals surface area contributed by atoms with Crippen LogP contribution in [-0.4, -0.2) is 32.3 Å². The van der Waals surface area contributed by atoms with E-state index in [0.29, 0.717) is 5.52 Å². The lowest BCUT2D eigenvalue weighted by molar-refractivity contribution is 0.0694. The highest BCUT2D eigenvalue weighted by atomic mass is 35.5. The summed E-state index contributed by atoms with van der Waals surface area (Å²) >= 11 is 5.78. The predicted octanol–water partition coefficient (Wildman–Crippen LogP) is 3.82. The van der Waals surface area contributed by atoms with Crippen molar-refractivity contribution >= 4 is 40.0 Å². The summed E-state index contributed by atoms with van der Waals surface area (Å²) in [6, 6.07) is 5.31. The number of carboxylic acids is 1. The number of aromatic carboxylic acids is 1.